The Balaban J connectivity index is 1.81. The van der Waals surface area contributed by atoms with Crippen LogP contribution in [0, 0.1) is 0 Å². The first-order valence-corrected chi connectivity index (χ1v) is 12.4. The summed E-state index contributed by atoms with van der Waals surface area (Å²) in [5.41, 5.74) is 1.60. The summed E-state index contributed by atoms with van der Waals surface area (Å²) in [5.74, 6) is 0.759. The van der Waals surface area contributed by atoms with Gasteiger partial charge < -0.3 is 9.30 Å². The van der Waals surface area contributed by atoms with Crippen LogP contribution in [0.2, 0.25) is 31.0 Å². The van der Waals surface area contributed by atoms with Crippen molar-refractivity contribution in [3.63, 3.8) is 0 Å². The fourth-order valence-corrected chi connectivity index (χ4v) is 3.91. The zero-order valence-electron chi connectivity index (χ0n) is 13.4. The van der Waals surface area contributed by atoms with Crippen LogP contribution < -0.4 is 0 Å². The van der Waals surface area contributed by atoms with Gasteiger partial charge in [0, 0.05) is 27.1 Å². The molecule has 0 N–H and O–H groups in total. The lowest BCUT2D eigenvalue weighted by molar-refractivity contribution is 0.0882. The molecule has 0 fully saturated rings. The molecule has 5 nitrogen and oxygen atoms in total. The minimum Gasteiger partial charge on any atom is -0.361 e. The molecule has 0 aliphatic rings. The van der Waals surface area contributed by atoms with Crippen LogP contribution >= 0.6 is 22.9 Å². The van der Waals surface area contributed by atoms with E-state index in [0.29, 0.717) is 6.73 Å². The van der Waals surface area contributed by atoms with E-state index in [0.717, 1.165) is 34.4 Å². The van der Waals surface area contributed by atoms with Crippen molar-refractivity contribution < 1.29 is 4.74 Å². The van der Waals surface area contributed by atoms with Gasteiger partial charge in [-0.15, -0.1) is 11.3 Å². The van der Waals surface area contributed by atoms with Crippen LogP contribution in [0.4, 0.5) is 0 Å². The van der Waals surface area contributed by atoms with E-state index < -0.39 is 8.07 Å². The van der Waals surface area contributed by atoms with Gasteiger partial charge in [-0.05, 0) is 29.1 Å². The van der Waals surface area contributed by atoms with Gasteiger partial charge in [-0.3, -0.25) is 0 Å². The second-order valence-corrected chi connectivity index (χ2v) is 13.4. The molecule has 0 bridgehead atoms. The van der Waals surface area contributed by atoms with E-state index >= 15 is 0 Å². The Kier molecular flexibility index (Phi) is 4.81. The van der Waals surface area contributed by atoms with Crippen LogP contribution in [0.5, 0.6) is 0 Å². The third kappa shape index (κ3) is 3.98. The van der Waals surface area contributed by atoms with E-state index in [1.54, 1.807) is 17.5 Å². The lowest BCUT2D eigenvalue weighted by Crippen LogP contribution is -2.22. The SMILES string of the molecule is C[Si](C)(C)CCOCn1ccnc1-c1nc(Cl)nc2ccsc12. The Hall–Kier alpha value is -1.28. The fraction of sp³-hybridized carbons (Fsp3) is 0.400. The molecule has 0 aromatic carbocycles. The van der Waals surface area contributed by atoms with Crippen molar-refractivity contribution in [3.8, 4) is 11.5 Å². The van der Waals surface area contributed by atoms with Gasteiger partial charge in [0.05, 0.1) is 10.2 Å². The largest absolute Gasteiger partial charge is 0.361 e. The van der Waals surface area contributed by atoms with Crippen molar-refractivity contribution in [2.75, 3.05) is 6.61 Å². The highest BCUT2D eigenvalue weighted by Gasteiger charge is 2.16. The first-order valence-electron chi connectivity index (χ1n) is 7.44. The van der Waals surface area contributed by atoms with Crippen molar-refractivity contribution in [1.29, 1.82) is 0 Å². The highest BCUT2D eigenvalue weighted by atomic mass is 35.5. The number of halogens is 1. The first-order chi connectivity index (χ1) is 10.9. The lowest BCUT2D eigenvalue weighted by atomic mass is 10.3. The summed E-state index contributed by atoms with van der Waals surface area (Å²) in [5, 5.41) is 2.22. The summed E-state index contributed by atoms with van der Waals surface area (Å²) in [6, 6.07) is 3.08. The highest BCUT2D eigenvalue weighted by molar-refractivity contribution is 7.17. The molecule has 0 aliphatic carbocycles. The maximum absolute atomic E-state index is 6.05. The van der Waals surface area contributed by atoms with Crippen molar-refractivity contribution in [3.05, 3.63) is 29.1 Å². The van der Waals surface area contributed by atoms with Crippen LogP contribution in [0.1, 0.15) is 0 Å². The van der Waals surface area contributed by atoms with E-state index in [9.17, 15) is 0 Å². The molecule has 0 aliphatic heterocycles. The van der Waals surface area contributed by atoms with E-state index in [-0.39, 0.29) is 5.28 Å². The zero-order chi connectivity index (χ0) is 16.4. The van der Waals surface area contributed by atoms with Gasteiger partial charge in [-0.2, -0.15) is 0 Å². The Morgan fingerprint density at radius 3 is 2.91 bits per heavy atom. The average Bonchev–Trinajstić information content (AvgIpc) is 3.10. The van der Waals surface area contributed by atoms with E-state index in [4.69, 9.17) is 16.3 Å². The molecule has 122 valence electrons. The molecule has 0 amide bonds. The molecule has 0 saturated heterocycles. The molecule has 0 unspecified atom stereocenters. The second-order valence-electron chi connectivity index (χ2n) is 6.54. The summed E-state index contributed by atoms with van der Waals surface area (Å²) < 4.78 is 8.77. The number of hydrogen-bond acceptors (Lipinski definition) is 5. The number of nitrogens with zero attached hydrogens (tertiary/aromatic N) is 4. The molecule has 0 radical (unpaired) electrons. The fourth-order valence-electron chi connectivity index (χ4n) is 2.16. The molecule has 0 saturated carbocycles. The van der Waals surface area contributed by atoms with Gasteiger partial charge in [-0.25, -0.2) is 15.0 Å². The monoisotopic (exact) mass is 366 g/mol. The van der Waals surface area contributed by atoms with E-state index in [1.165, 1.54) is 0 Å². The number of fused-ring (bicyclic) bond motifs is 1. The quantitative estimate of drug-likeness (QED) is 0.365. The van der Waals surface area contributed by atoms with Crippen LogP contribution in [0.15, 0.2) is 23.8 Å². The Morgan fingerprint density at radius 2 is 2.13 bits per heavy atom. The molecular formula is C15H19ClN4OSSi. The van der Waals surface area contributed by atoms with Crippen molar-refractivity contribution in [2.45, 2.75) is 32.4 Å². The normalized spacial score (nSPS) is 12.2. The number of aromatic nitrogens is 4. The summed E-state index contributed by atoms with van der Waals surface area (Å²) in [7, 11) is -1.08. The summed E-state index contributed by atoms with van der Waals surface area (Å²) in [4.78, 5) is 13.1. The van der Waals surface area contributed by atoms with Gasteiger partial charge in [0.25, 0.3) is 0 Å². The third-order valence-corrected chi connectivity index (χ3v) is 6.21. The summed E-state index contributed by atoms with van der Waals surface area (Å²) in [6.07, 6.45) is 3.66. The number of ether oxygens (including phenoxy) is 1. The second kappa shape index (κ2) is 6.68. The van der Waals surface area contributed by atoms with Gasteiger partial charge in [0.15, 0.2) is 5.82 Å². The smallest absolute Gasteiger partial charge is 0.223 e. The number of imidazole rings is 1. The summed E-state index contributed by atoms with van der Waals surface area (Å²) in [6.45, 7) is 8.26. The minimum atomic E-state index is -1.08. The molecule has 0 spiro atoms. The van der Waals surface area contributed by atoms with Gasteiger partial charge >= 0.3 is 0 Å². The summed E-state index contributed by atoms with van der Waals surface area (Å²) >= 11 is 7.63. The van der Waals surface area contributed by atoms with E-state index in [1.807, 2.05) is 22.2 Å². The number of hydrogen-bond donors (Lipinski definition) is 0. The highest BCUT2D eigenvalue weighted by Crippen LogP contribution is 2.30. The number of rotatable bonds is 6. The Morgan fingerprint density at radius 1 is 1.30 bits per heavy atom. The lowest BCUT2D eigenvalue weighted by Gasteiger charge is -2.16. The topological polar surface area (TPSA) is 52.8 Å². The Bertz CT molecular complexity index is 811. The standard InChI is InChI=1S/C15H19ClN4OSSi/c1-23(2,3)9-7-21-10-20-6-5-17-14(20)12-13-11(4-8-22-13)18-15(16)19-12/h4-6,8H,7,9-10H2,1-3H3. The predicted molar refractivity (Wildman–Crippen MR) is 97.8 cm³/mol. The van der Waals surface area contributed by atoms with Gasteiger partial charge in [0.1, 0.15) is 12.4 Å². The third-order valence-electron chi connectivity index (χ3n) is 3.43. The molecule has 3 rings (SSSR count). The van der Waals surface area contributed by atoms with Crippen LogP contribution in [-0.2, 0) is 11.5 Å². The van der Waals surface area contributed by atoms with E-state index in [2.05, 4.69) is 34.6 Å². The molecule has 8 heteroatoms. The molecule has 3 aromatic rings. The van der Waals surface area contributed by atoms with Crippen LogP contribution in [-0.4, -0.2) is 34.2 Å². The van der Waals surface area contributed by atoms with Crippen molar-refractivity contribution in [2.24, 2.45) is 0 Å². The maximum Gasteiger partial charge on any atom is 0.223 e. The van der Waals surface area contributed by atoms with Crippen LogP contribution in [0.25, 0.3) is 21.7 Å². The van der Waals surface area contributed by atoms with Crippen LogP contribution in [0.3, 0.4) is 0 Å². The minimum absolute atomic E-state index is 0.236. The first kappa shape index (κ1) is 16.6. The van der Waals surface area contributed by atoms with Gasteiger partial charge in [0.2, 0.25) is 5.28 Å². The molecular weight excluding hydrogens is 348 g/mol. The molecule has 3 heterocycles. The Labute approximate surface area is 145 Å². The van der Waals surface area contributed by atoms with Crippen molar-refractivity contribution in [1.82, 2.24) is 19.5 Å². The maximum atomic E-state index is 6.05. The average molecular weight is 367 g/mol. The zero-order valence-corrected chi connectivity index (χ0v) is 16.0. The predicted octanol–water partition coefficient (Wildman–Crippen LogP) is 4.52. The van der Waals surface area contributed by atoms with Crippen molar-refractivity contribution >= 4 is 41.2 Å². The molecule has 23 heavy (non-hydrogen) atoms. The molecule has 0 atom stereocenters. The van der Waals surface area contributed by atoms with Gasteiger partial charge in [-0.1, -0.05) is 19.6 Å². The molecule has 3 aromatic heterocycles. The number of thiophene rings is 1.